The second kappa shape index (κ2) is 6.30. The molecule has 0 radical (unpaired) electrons. The van der Waals surface area contributed by atoms with Crippen LogP contribution < -0.4 is 0 Å². The van der Waals surface area contributed by atoms with E-state index in [0.29, 0.717) is 17.0 Å². The van der Waals surface area contributed by atoms with Crippen LogP contribution in [0.3, 0.4) is 0 Å². The van der Waals surface area contributed by atoms with E-state index in [4.69, 9.17) is 5.16 Å². The van der Waals surface area contributed by atoms with Gasteiger partial charge in [-0.25, -0.2) is 0 Å². The number of hydrogen-bond acceptors (Lipinski definition) is 1. The zero-order chi connectivity index (χ0) is 5.54. The van der Waals surface area contributed by atoms with Gasteiger partial charge in [-0.3, -0.25) is 5.16 Å². The van der Waals surface area contributed by atoms with Crippen LogP contribution in [0, 0.1) is 5.16 Å². The van der Waals surface area contributed by atoms with Crippen LogP contribution in [0.1, 0.15) is 0 Å². The van der Waals surface area contributed by atoms with Gasteiger partial charge in [0.2, 0.25) is 0 Å². The van der Waals surface area contributed by atoms with Crippen LogP contribution in [0.25, 0.3) is 0 Å². The molecule has 0 rings (SSSR count). The maximum atomic E-state index is 6.52. The highest BCUT2D eigenvalue weighted by atomic mass is 31.1. The molecule has 0 aliphatic rings. The van der Waals surface area contributed by atoms with Crippen molar-refractivity contribution in [3.63, 3.8) is 0 Å². The molecule has 0 aliphatic carbocycles. The van der Waals surface area contributed by atoms with Gasteiger partial charge in [0.15, 0.2) is 17.0 Å². The molecule has 1 N–H and O–H groups in total. The molecule has 0 aromatic carbocycles. The average Bonchev–Trinajstić information content (AvgIpc) is 1.69. The Balaban J connectivity index is 3.27. The maximum absolute atomic E-state index is 6.52. The van der Waals surface area contributed by atoms with E-state index >= 15 is 0 Å². The Morgan fingerprint density at radius 3 is 2.57 bits per heavy atom. The van der Waals surface area contributed by atoms with Crippen LogP contribution in [0.2, 0.25) is 0 Å². The van der Waals surface area contributed by atoms with Crippen molar-refractivity contribution in [3.8, 4) is 0 Å². The Hall–Kier alpha value is 0.300. The molecule has 7 heavy (non-hydrogen) atoms. The number of nitrogens with zero attached hydrogens (tertiary/aromatic N) is 2. The molecule has 0 aromatic heterocycles. The summed E-state index contributed by atoms with van der Waals surface area (Å²) in [7, 11) is 1.99. The predicted molar refractivity (Wildman–Crippen MR) is 34.3 cm³/mol. The minimum Gasteiger partial charge on any atom is -0.262 e. The lowest BCUT2D eigenvalue weighted by molar-refractivity contribution is 1.63. The van der Waals surface area contributed by atoms with E-state index in [1.165, 1.54) is 0 Å². The molecule has 3 nitrogen and oxygen atoms in total. The molecule has 0 unspecified atom stereocenters. The first-order chi connectivity index (χ1) is 3.41. The van der Waals surface area contributed by atoms with Crippen molar-refractivity contribution >= 4 is 25.4 Å². The molecule has 0 aromatic rings. The monoisotopic (exact) mass is 151 g/mol. The van der Waals surface area contributed by atoms with Crippen molar-refractivity contribution in [1.29, 1.82) is 5.16 Å². The number of hydrogen-bond donors (Lipinski definition) is 1. The Morgan fingerprint density at radius 2 is 2.14 bits per heavy atom. The molecular formula is CH4N3P3. The summed E-state index contributed by atoms with van der Waals surface area (Å²) in [6, 6.07) is 0. The third kappa shape index (κ3) is 6.30. The fraction of sp³-hybridized carbons (Fsp3) is 1.00. The third-order valence-corrected chi connectivity index (χ3v) is 1.93. The second-order valence-corrected chi connectivity index (χ2v) is 2.78. The van der Waals surface area contributed by atoms with Crippen LogP contribution in [0.5, 0.6) is 0 Å². The van der Waals surface area contributed by atoms with E-state index < -0.39 is 0 Å². The molecule has 0 saturated carbocycles. The van der Waals surface area contributed by atoms with Crippen molar-refractivity contribution in [2.75, 3.05) is 6.66 Å². The standard InChI is InChI=1S/CH4N3P3/c1-5-3-7-4-6-2/h2H,1H3. The fourth-order valence-corrected chi connectivity index (χ4v) is 1.02. The molecule has 0 heterocycles. The van der Waals surface area contributed by atoms with Crippen molar-refractivity contribution < 1.29 is 0 Å². The predicted octanol–water partition coefficient (Wildman–Crippen LogP) is 3.41. The Labute approximate surface area is 47.1 Å². The van der Waals surface area contributed by atoms with Crippen LogP contribution in [-0.2, 0) is 0 Å². The van der Waals surface area contributed by atoms with Gasteiger partial charge in [-0.05, 0) is 6.66 Å². The van der Waals surface area contributed by atoms with E-state index in [9.17, 15) is 0 Å². The quantitative estimate of drug-likeness (QED) is 0.587. The minimum atomic E-state index is 0.319. The van der Waals surface area contributed by atoms with Gasteiger partial charge in [0.25, 0.3) is 0 Å². The van der Waals surface area contributed by atoms with Crippen molar-refractivity contribution in [1.82, 2.24) is 0 Å². The van der Waals surface area contributed by atoms with Crippen molar-refractivity contribution in [2.24, 2.45) is 9.03 Å². The summed E-state index contributed by atoms with van der Waals surface area (Å²) in [5, 5.41) is 6.52. The minimum absolute atomic E-state index is 0.319. The SMILES string of the molecule is C/P=N\P=N/P=N. The molecule has 0 bridgehead atoms. The molecule has 0 saturated heterocycles. The van der Waals surface area contributed by atoms with Gasteiger partial charge in [-0.2, -0.15) is 9.03 Å². The first-order valence-corrected chi connectivity index (χ1v) is 4.41. The van der Waals surface area contributed by atoms with E-state index in [1.54, 1.807) is 0 Å². The van der Waals surface area contributed by atoms with Crippen LogP contribution >= 0.6 is 25.4 Å². The largest absolute Gasteiger partial charge is 0.262 e. The Kier molecular flexibility index (Phi) is 6.57. The second-order valence-electron chi connectivity index (χ2n) is 0.568. The molecule has 0 fully saturated rings. The molecule has 0 spiro atoms. The van der Waals surface area contributed by atoms with Crippen molar-refractivity contribution in [2.45, 2.75) is 0 Å². The molecule has 0 aliphatic heterocycles. The van der Waals surface area contributed by atoms with E-state index in [-0.39, 0.29) is 0 Å². The van der Waals surface area contributed by atoms with Gasteiger partial charge < -0.3 is 0 Å². The summed E-state index contributed by atoms with van der Waals surface area (Å²) >= 11 is 0. The maximum Gasteiger partial charge on any atom is 0.164 e. The van der Waals surface area contributed by atoms with Gasteiger partial charge in [-0.1, -0.05) is 0 Å². The van der Waals surface area contributed by atoms with Crippen LogP contribution in [-0.4, -0.2) is 6.66 Å². The molecule has 38 valence electrons. The van der Waals surface area contributed by atoms with Gasteiger partial charge in [0, 0.05) is 8.37 Å². The van der Waals surface area contributed by atoms with Crippen LogP contribution in [0.15, 0.2) is 9.03 Å². The van der Waals surface area contributed by atoms with Crippen molar-refractivity contribution in [3.05, 3.63) is 0 Å². The lowest BCUT2D eigenvalue weighted by Crippen LogP contribution is -1.14. The lowest BCUT2D eigenvalue weighted by atomic mass is 12.0. The van der Waals surface area contributed by atoms with Gasteiger partial charge in [0.05, 0.1) is 0 Å². The normalized spacial score (nSPS) is 12.1. The zero-order valence-electron chi connectivity index (χ0n) is 3.74. The smallest absolute Gasteiger partial charge is 0.164 e. The summed E-state index contributed by atoms with van der Waals surface area (Å²) in [5.74, 6) is 0. The highest BCUT2D eigenvalue weighted by Gasteiger charge is 1.57. The summed E-state index contributed by atoms with van der Waals surface area (Å²) in [6.07, 6.45) is 0. The average molecular weight is 151 g/mol. The highest BCUT2D eigenvalue weighted by Crippen LogP contribution is 2.13. The summed E-state index contributed by atoms with van der Waals surface area (Å²) in [6.45, 7) is 1.92. The van der Waals surface area contributed by atoms with Gasteiger partial charge in [0.1, 0.15) is 0 Å². The van der Waals surface area contributed by atoms with Gasteiger partial charge in [-0.15, -0.1) is 0 Å². The summed E-state index contributed by atoms with van der Waals surface area (Å²) in [4.78, 5) is 0. The molecular weight excluding hydrogens is 147 g/mol. The molecule has 0 amide bonds. The van der Waals surface area contributed by atoms with E-state index in [1.807, 2.05) is 6.66 Å². The zero-order valence-corrected chi connectivity index (χ0v) is 6.42. The molecule has 0 atom stereocenters. The topological polar surface area (TPSA) is 48.6 Å². The molecule has 6 heteroatoms. The summed E-state index contributed by atoms with van der Waals surface area (Å²) < 4.78 is 7.41. The summed E-state index contributed by atoms with van der Waals surface area (Å²) in [5.41, 5.74) is 0. The fourth-order valence-electron chi connectivity index (χ4n) is 0.0779. The van der Waals surface area contributed by atoms with Crippen LogP contribution in [0.4, 0.5) is 0 Å². The first-order valence-electron chi connectivity index (χ1n) is 1.47. The van der Waals surface area contributed by atoms with Gasteiger partial charge >= 0.3 is 0 Å². The van der Waals surface area contributed by atoms with E-state index in [0.717, 1.165) is 8.37 Å². The number of nitrogens with one attached hydrogen (secondary N) is 1. The Morgan fingerprint density at radius 1 is 1.43 bits per heavy atom. The number of rotatable bonds is 2. The highest BCUT2D eigenvalue weighted by molar-refractivity contribution is 7.42. The first kappa shape index (κ1) is 7.30. The Bertz CT molecular complexity index is 96.4. The van der Waals surface area contributed by atoms with E-state index in [2.05, 4.69) is 9.03 Å². The lowest BCUT2D eigenvalue weighted by Gasteiger charge is -1.61. The third-order valence-electron chi connectivity index (χ3n) is 0.214.